The van der Waals surface area contributed by atoms with Gasteiger partial charge in [-0.25, -0.2) is 0 Å². The van der Waals surface area contributed by atoms with Gasteiger partial charge >= 0.3 is 0 Å². The molecule has 3 heteroatoms. The van der Waals surface area contributed by atoms with Crippen LogP contribution in [0.25, 0.3) is 0 Å². The molecule has 0 aromatic carbocycles. The molecule has 3 N–H and O–H groups in total. The van der Waals surface area contributed by atoms with E-state index >= 15 is 0 Å². The van der Waals surface area contributed by atoms with Crippen LogP contribution in [0.2, 0.25) is 0 Å². The average molecular weight is 145 g/mol. The lowest BCUT2D eigenvalue weighted by Gasteiger charge is -2.18. The van der Waals surface area contributed by atoms with Gasteiger partial charge in [0, 0.05) is 19.1 Å². The molecule has 60 valence electrons. The highest BCUT2D eigenvalue weighted by Crippen LogP contribution is 2.23. The molecular formula is C7H15NO2. The minimum absolute atomic E-state index is 0.179. The highest BCUT2D eigenvalue weighted by atomic mass is 16.5. The largest absolute Gasteiger partial charge is 0.391 e. The van der Waals surface area contributed by atoms with E-state index in [9.17, 15) is 5.11 Å². The van der Waals surface area contributed by atoms with Gasteiger partial charge in [-0.3, -0.25) is 0 Å². The van der Waals surface area contributed by atoms with Crippen LogP contribution in [-0.2, 0) is 4.74 Å². The van der Waals surface area contributed by atoms with Gasteiger partial charge in [0.1, 0.15) is 0 Å². The molecule has 1 aliphatic rings. The lowest BCUT2D eigenvalue weighted by molar-refractivity contribution is 0.0480. The molecule has 0 aromatic rings. The molecule has 0 spiro atoms. The molecule has 10 heavy (non-hydrogen) atoms. The van der Waals surface area contributed by atoms with E-state index in [1.165, 1.54) is 0 Å². The molecule has 0 aromatic heterocycles. The van der Waals surface area contributed by atoms with E-state index in [0.717, 1.165) is 13.0 Å². The van der Waals surface area contributed by atoms with E-state index < -0.39 is 0 Å². The van der Waals surface area contributed by atoms with Crippen molar-refractivity contribution in [3.05, 3.63) is 0 Å². The Morgan fingerprint density at radius 2 is 2.50 bits per heavy atom. The Hall–Kier alpha value is -0.120. The monoisotopic (exact) mass is 145 g/mol. The van der Waals surface area contributed by atoms with Crippen LogP contribution in [0.3, 0.4) is 0 Å². The minimum Gasteiger partial charge on any atom is -0.391 e. The Bertz CT molecular complexity index is 108. The summed E-state index contributed by atoms with van der Waals surface area (Å²) in [6.45, 7) is 3.10. The summed E-state index contributed by atoms with van der Waals surface area (Å²) >= 11 is 0. The molecule has 0 radical (unpaired) electrons. The van der Waals surface area contributed by atoms with Crippen molar-refractivity contribution in [2.75, 3.05) is 13.2 Å². The zero-order chi connectivity index (χ0) is 7.56. The molecule has 3 nitrogen and oxygen atoms in total. The Kier molecular flexibility index (Phi) is 2.65. The van der Waals surface area contributed by atoms with Crippen LogP contribution in [0.4, 0.5) is 0 Å². The van der Waals surface area contributed by atoms with E-state index in [1.54, 1.807) is 0 Å². The zero-order valence-electron chi connectivity index (χ0n) is 6.29. The highest BCUT2D eigenvalue weighted by molar-refractivity contribution is 4.79. The van der Waals surface area contributed by atoms with E-state index in [2.05, 4.69) is 0 Å². The van der Waals surface area contributed by atoms with Crippen LogP contribution in [0, 0.1) is 5.92 Å². The van der Waals surface area contributed by atoms with Crippen molar-refractivity contribution in [2.24, 2.45) is 11.7 Å². The number of rotatable bonds is 2. The first-order valence-corrected chi connectivity index (χ1v) is 3.75. The summed E-state index contributed by atoms with van der Waals surface area (Å²) in [6, 6.07) is 0. The van der Waals surface area contributed by atoms with Crippen molar-refractivity contribution in [1.82, 2.24) is 0 Å². The lowest BCUT2D eigenvalue weighted by atomic mass is 9.96. The Morgan fingerprint density at radius 1 is 1.80 bits per heavy atom. The fourth-order valence-electron chi connectivity index (χ4n) is 1.43. The summed E-state index contributed by atoms with van der Waals surface area (Å²) < 4.78 is 5.27. The molecule has 0 amide bonds. The van der Waals surface area contributed by atoms with Crippen LogP contribution < -0.4 is 5.73 Å². The molecule has 1 fully saturated rings. The van der Waals surface area contributed by atoms with Crippen LogP contribution in [0.1, 0.15) is 13.3 Å². The predicted octanol–water partition coefficient (Wildman–Crippen LogP) is -0.269. The fraction of sp³-hybridized carbons (Fsp3) is 1.00. The third-order valence-electron chi connectivity index (χ3n) is 2.17. The van der Waals surface area contributed by atoms with Crippen LogP contribution in [0.15, 0.2) is 0 Å². The standard InChI is InChI=1S/C7H15NO2/c1-5-6(2-3-10-5)7(9)4-8/h5-7,9H,2-4,8H2,1H3. The maximum absolute atomic E-state index is 9.32. The van der Waals surface area contributed by atoms with Gasteiger partial charge in [-0.15, -0.1) is 0 Å². The van der Waals surface area contributed by atoms with Crippen LogP contribution in [-0.4, -0.2) is 30.5 Å². The van der Waals surface area contributed by atoms with E-state index in [4.69, 9.17) is 10.5 Å². The topological polar surface area (TPSA) is 55.5 Å². The van der Waals surface area contributed by atoms with Crippen molar-refractivity contribution in [2.45, 2.75) is 25.6 Å². The van der Waals surface area contributed by atoms with Crippen LogP contribution >= 0.6 is 0 Å². The number of aliphatic hydroxyl groups is 1. The molecule has 1 aliphatic heterocycles. The van der Waals surface area contributed by atoms with E-state index in [1.807, 2.05) is 6.92 Å². The Morgan fingerprint density at radius 3 is 2.90 bits per heavy atom. The Labute approximate surface area is 61.2 Å². The lowest BCUT2D eigenvalue weighted by Crippen LogP contribution is -2.32. The predicted molar refractivity (Wildman–Crippen MR) is 38.6 cm³/mol. The number of hydrogen-bond acceptors (Lipinski definition) is 3. The number of ether oxygens (including phenoxy) is 1. The van der Waals surface area contributed by atoms with Crippen molar-refractivity contribution in [3.63, 3.8) is 0 Å². The number of aliphatic hydroxyl groups excluding tert-OH is 1. The molecular weight excluding hydrogens is 130 g/mol. The Balaban J connectivity index is 2.38. The van der Waals surface area contributed by atoms with Gasteiger partial charge in [-0.05, 0) is 13.3 Å². The van der Waals surface area contributed by atoms with Gasteiger partial charge in [0.05, 0.1) is 12.2 Å². The maximum Gasteiger partial charge on any atom is 0.0716 e. The van der Waals surface area contributed by atoms with Gasteiger partial charge in [-0.2, -0.15) is 0 Å². The summed E-state index contributed by atoms with van der Waals surface area (Å²) in [4.78, 5) is 0. The zero-order valence-corrected chi connectivity index (χ0v) is 6.29. The fourth-order valence-corrected chi connectivity index (χ4v) is 1.43. The van der Waals surface area contributed by atoms with Gasteiger partial charge in [0.25, 0.3) is 0 Å². The van der Waals surface area contributed by atoms with Gasteiger partial charge in [0.2, 0.25) is 0 Å². The van der Waals surface area contributed by atoms with Gasteiger partial charge in [-0.1, -0.05) is 0 Å². The van der Waals surface area contributed by atoms with Crippen molar-refractivity contribution < 1.29 is 9.84 Å². The summed E-state index contributed by atoms with van der Waals surface area (Å²) in [6.07, 6.45) is 0.746. The second kappa shape index (κ2) is 3.32. The molecule has 3 atom stereocenters. The first-order valence-electron chi connectivity index (χ1n) is 3.75. The summed E-state index contributed by atoms with van der Waals surface area (Å²) in [7, 11) is 0. The summed E-state index contributed by atoms with van der Waals surface area (Å²) in [5, 5.41) is 9.32. The SMILES string of the molecule is CC1OCCC1C(O)CN. The van der Waals surface area contributed by atoms with Gasteiger partial charge < -0.3 is 15.6 Å². The van der Waals surface area contributed by atoms with E-state index in [-0.39, 0.29) is 18.1 Å². The minimum atomic E-state index is -0.377. The van der Waals surface area contributed by atoms with Crippen molar-refractivity contribution in [1.29, 1.82) is 0 Å². The quantitative estimate of drug-likeness (QED) is 0.562. The smallest absolute Gasteiger partial charge is 0.0716 e. The third-order valence-corrected chi connectivity index (χ3v) is 2.17. The molecule has 0 aliphatic carbocycles. The summed E-state index contributed by atoms with van der Waals surface area (Å²) in [5.41, 5.74) is 5.31. The maximum atomic E-state index is 9.32. The molecule has 1 rings (SSSR count). The first kappa shape index (κ1) is 7.98. The molecule has 3 unspecified atom stereocenters. The molecule has 1 saturated heterocycles. The molecule has 0 saturated carbocycles. The van der Waals surface area contributed by atoms with Gasteiger partial charge in [0.15, 0.2) is 0 Å². The van der Waals surface area contributed by atoms with Crippen molar-refractivity contribution in [3.8, 4) is 0 Å². The number of hydrogen-bond donors (Lipinski definition) is 2. The number of nitrogens with two attached hydrogens (primary N) is 1. The first-order chi connectivity index (χ1) is 4.75. The molecule has 0 bridgehead atoms. The van der Waals surface area contributed by atoms with Crippen molar-refractivity contribution >= 4 is 0 Å². The van der Waals surface area contributed by atoms with Crippen LogP contribution in [0.5, 0.6) is 0 Å². The summed E-state index contributed by atoms with van der Waals surface area (Å²) in [5.74, 6) is 0.255. The third kappa shape index (κ3) is 1.48. The second-order valence-corrected chi connectivity index (χ2v) is 2.83. The van der Waals surface area contributed by atoms with E-state index in [0.29, 0.717) is 6.54 Å². The highest BCUT2D eigenvalue weighted by Gasteiger charge is 2.29. The average Bonchev–Trinajstić information content (AvgIpc) is 2.34. The molecule has 1 heterocycles. The normalized spacial score (nSPS) is 36.3. The second-order valence-electron chi connectivity index (χ2n) is 2.83.